The maximum atomic E-state index is 8.50. The van der Waals surface area contributed by atoms with Crippen LogP contribution in [0.4, 0.5) is 0 Å². The number of thioether (sulfide) groups is 1. The second kappa shape index (κ2) is 4.54. The first kappa shape index (κ1) is 8.77. The standard InChI is InChI=1S/C6H7ClN2OS/c7-6-8-2-1-5(9-6)11-4-3-10/h1-2,10H,3-4H2. The van der Waals surface area contributed by atoms with E-state index in [1.165, 1.54) is 11.8 Å². The summed E-state index contributed by atoms with van der Waals surface area (Å²) in [4.78, 5) is 7.64. The molecule has 1 heterocycles. The number of nitrogens with zero attached hydrogens (tertiary/aromatic N) is 2. The van der Waals surface area contributed by atoms with E-state index in [4.69, 9.17) is 16.7 Å². The minimum absolute atomic E-state index is 0.145. The third kappa shape index (κ3) is 3.05. The molecule has 0 aromatic carbocycles. The van der Waals surface area contributed by atoms with E-state index < -0.39 is 0 Å². The topological polar surface area (TPSA) is 46.0 Å². The Labute approximate surface area is 73.8 Å². The molecule has 60 valence electrons. The largest absolute Gasteiger partial charge is 0.396 e. The Morgan fingerprint density at radius 2 is 2.45 bits per heavy atom. The summed E-state index contributed by atoms with van der Waals surface area (Å²) in [5, 5.41) is 9.53. The van der Waals surface area contributed by atoms with Crippen LogP contribution in [-0.2, 0) is 0 Å². The molecule has 1 aromatic heterocycles. The van der Waals surface area contributed by atoms with E-state index in [2.05, 4.69) is 9.97 Å². The second-order valence-corrected chi connectivity index (χ2v) is 3.19. The maximum Gasteiger partial charge on any atom is 0.223 e. The average molecular weight is 191 g/mol. The van der Waals surface area contributed by atoms with Crippen molar-refractivity contribution in [1.29, 1.82) is 0 Å². The number of hydrogen-bond donors (Lipinski definition) is 1. The van der Waals surface area contributed by atoms with Crippen molar-refractivity contribution in [2.24, 2.45) is 0 Å². The third-order valence-electron chi connectivity index (χ3n) is 0.942. The van der Waals surface area contributed by atoms with Crippen LogP contribution in [0.25, 0.3) is 0 Å². The highest BCUT2D eigenvalue weighted by atomic mass is 35.5. The van der Waals surface area contributed by atoms with E-state index >= 15 is 0 Å². The van der Waals surface area contributed by atoms with E-state index in [-0.39, 0.29) is 11.9 Å². The molecule has 0 aliphatic carbocycles. The van der Waals surface area contributed by atoms with Crippen molar-refractivity contribution in [2.45, 2.75) is 5.03 Å². The summed E-state index contributed by atoms with van der Waals surface area (Å²) in [6.07, 6.45) is 1.59. The maximum absolute atomic E-state index is 8.50. The van der Waals surface area contributed by atoms with E-state index in [9.17, 15) is 0 Å². The Hall–Kier alpha value is -0.320. The monoisotopic (exact) mass is 190 g/mol. The number of aliphatic hydroxyl groups excluding tert-OH is 1. The van der Waals surface area contributed by atoms with Gasteiger partial charge >= 0.3 is 0 Å². The molecule has 0 radical (unpaired) electrons. The molecule has 1 rings (SSSR count). The second-order valence-electron chi connectivity index (χ2n) is 1.74. The average Bonchev–Trinajstić information content (AvgIpc) is 2.01. The smallest absolute Gasteiger partial charge is 0.223 e. The summed E-state index contributed by atoms with van der Waals surface area (Å²) in [5.74, 6) is 0.632. The predicted molar refractivity (Wildman–Crippen MR) is 44.9 cm³/mol. The van der Waals surface area contributed by atoms with Crippen LogP contribution in [0.1, 0.15) is 0 Å². The number of aromatic nitrogens is 2. The minimum Gasteiger partial charge on any atom is -0.396 e. The van der Waals surface area contributed by atoms with Crippen molar-refractivity contribution in [3.8, 4) is 0 Å². The molecule has 3 nitrogen and oxygen atoms in total. The summed E-state index contributed by atoms with van der Waals surface area (Å²) >= 11 is 6.97. The Morgan fingerprint density at radius 3 is 3.09 bits per heavy atom. The van der Waals surface area contributed by atoms with Gasteiger partial charge < -0.3 is 5.11 Å². The first-order valence-corrected chi connectivity index (χ1v) is 4.41. The molecule has 11 heavy (non-hydrogen) atoms. The molecule has 0 bridgehead atoms. The van der Waals surface area contributed by atoms with Crippen LogP contribution in [0.3, 0.4) is 0 Å². The van der Waals surface area contributed by atoms with Gasteiger partial charge in [0.05, 0.1) is 6.61 Å². The van der Waals surface area contributed by atoms with Gasteiger partial charge in [0.1, 0.15) is 5.03 Å². The summed E-state index contributed by atoms with van der Waals surface area (Å²) in [7, 11) is 0. The first-order valence-electron chi connectivity index (χ1n) is 3.05. The highest BCUT2D eigenvalue weighted by Crippen LogP contribution is 2.14. The molecular weight excluding hydrogens is 184 g/mol. The minimum atomic E-state index is 0.145. The number of halogens is 1. The molecule has 0 unspecified atom stereocenters. The first-order chi connectivity index (χ1) is 5.33. The van der Waals surface area contributed by atoms with Crippen LogP contribution >= 0.6 is 23.4 Å². The SMILES string of the molecule is OCCSc1ccnc(Cl)n1. The molecule has 0 fully saturated rings. The van der Waals surface area contributed by atoms with Gasteiger partial charge in [0.15, 0.2) is 0 Å². The van der Waals surface area contributed by atoms with Crippen molar-refractivity contribution in [3.05, 3.63) is 17.5 Å². The zero-order valence-corrected chi connectivity index (χ0v) is 7.27. The molecule has 0 saturated carbocycles. The fourth-order valence-electron chi connectivity index (χ4n) is 0.550. The molecule has 1 N–H and O–H groups in total. The number of rotatable bonds is 3. The van der Waals surface area contributed by atoms with E-state index in [1.54, 1.807) is 12.3 Å². The van der Waals surface area contributed by atoms with Crippen LogP contribution in [0, 0.1) is 0 Å². The lowest BCUT2D eigenvalue weighted by atomic mass is 10.7. The normalized spacial score (nSPS) is 10.0. The molecule has 0 atom stereocenters. The van der Waals surface area contributed by atoms with Gasteiger partial charge in [-0.15, -0.1) is 11.8 Å². The Balaban J connectivity index is 2.56. The van der Waals surface area contributed by atoms with E-state index in [0.29, 0.717) is 5.75 Å². The van der Waals surface area contributed by atoms with Crippen molar-refractivity contribution < 1.29 is 5.11 Å². The van der Waals surface area contributed by atoms with Crippen molar-refractivity contribution >= 4 is 23.4 Å². The fourth-order valence-corrected chi connectivity index (χ4v) is 1.36. The molecule has 0 amide bonds. The lowest BCUT2D eigenvalue weighted by molar-refractivity contribution is 0.322. The van der Waals surface area contributed by atoms with Gasteiger partial charge in [-0.3, -0.25) is 0 Å². The van der Waals surface area contributed by atoms with Crippen molar-refractivity contribution in [1.82, 2.24) is 9.97 Å². The highest BCUT2D eigenvalue weighted by Gasteiger charge is 1.95. The molecule has 0 aliphatic rings. The zero-order valence-electron chi connectivity index (χ0n) is 5.70. The van der Waals surface area contributed by atoms with E-state index in [0.717, 1.165) is 5.03 Å². The molecule has 1 aromatic rings. The van der Waals surface area contributed by atoms with E-state index in [1.807, 2.05) is 0 Å². The van der Waals surface area contributed by atoms with Gasteiger partial charge in [-0.1, -0.05) is 0 Å². The van der Waals surface area contributed by atoms with Crippen molar-refractivity contribution in [2.75, 3.05) is 12.4 Å². The third-order valence-corrected chi connectivity index (χ3v) is 2.03. The summed E-state index contributed by atoms with van der Waals surface area (Å²) in [5.41, 5.74) is 0. The summed E-state index contributed by atoms with van der Waals surface area (Å²) in [6.45, 7) is 0.145. The summed E-state index contributed by atoms with van der Waals surface area (Å²) in [6, 6.07) is 1.76. The molecular formula is C6H7ClN2OS. The number of aliphatic hydroxyl groups is 1. The van der Waals surface area contributed by atoms with Gasteiger partial charge in [-0.05, 0) is 17.7 Å². The molecule has 5 heteroatoms. The van der Waals surface area contributed by atoms with Crippen LogP contribution in [0.2, 0.25) is 5.28 Å². The van der Waals surface area contributed by atoms with Crippen LogP contribution in [0.5, 0.6) is 0 Å². The summed E-state index contributed by atoms with van der Waals surface area (Å²) < 4.78 is 0. The van der Waals surface area contributed by atoms with Gasteiger partial charge in [-0.25, -0.2) is 9.97 Å². The zero-order chi connectivity index (χ0) is 8.10. The molecule has 0 saturated heterocycles. The van der Waals surface area contributed by atoms with Gasteiger partial charge in [0.2, 0.25) is 5.28 Å². The Morgan fingerprint density at radius 1 is 1.64 bits per heavy atom. The quantitative estimate of drug-likeness (QED) is 0.442. The van der Waals surface area contributed by atoms with Crippen LogP contribution in [-0.4, -0.2) is 27.4 Å². The Bertz CT molecular complexity index is 234. The van der Waals surface area contributed by atoms with Gasteiger partial charge in [0.25, 0.3) is 0 Å². The van der Waals surface area contributed by atoms with Gasteiger partial charge in [0, 0.05) is 11.9 Å². The lowest BCUT2D eigenvalue weighted by Gasteiger charge is -1.96. The predicted octanol–water partition coefficient (Wildman–Crippen LogP) is 1.21. The number of hydrogen-bond acceptors (Lipinski definition) is 4. The van der Waals surface area contributed by atoms with Crippen LogP contribution in [0.15, 0.2) is 17.3 Å². The Kier molecular flexibility index (Phi) is 3.62. The molecule has 0 aliphatic heterocycles. The van der Waals surface area contributed by atoms with Crippen LogP contribution < -0.4 is 0 Å². The molecule has 0 spiro atoms. The van der Waals surface area contributed by atoms with Crippen molar-refractivity contribution in [3.63, 3.8) is 0 Å². The lowest BCUT2D eigenvalue weighted by Crippen LogP contribution is -1.88. The fraction of sp³-hybridized carbons (Fsp3) is 0.333. The highest BCUT2D eigenvalue weighted by molar-refractivity contribution is 7.99. The van der Waals surface area contributed by atoms with Gasteiger partial charge in [-0.2, -0.15) is 0 Å².